The van der Waals surface area contributed by atoms with E-state index in [9.17, 15) is 0 Å². The number of halogens is 2. The van der Waals surface area contributed by atoms with Crippen molar-refractivity contribution in [3.05, 3.63) is 32.7 Å². The van der Waals surface area contributed by atoms with Crippen LogP contribution in [0.15, 0.2) is 22.7 Å². The Morgan fingerprint density at radius 3 is 3.00 bits per heavy atom. The SMILES string of the molecule is Clc1cc(Br)ccc1Oc1nnc(CNC2CC2)s1. The van der Waals surface area contributed by atoms with Crippen molar-refractivity contribution in [2.45, 2.75) is 25.4 Å². The second kappa shape index (κ2) is 5.75. The van der Waals surface area contributed by atoms with Crippen molar-refractivity contribution >= 4 is 38.9 Å². The van der Waals surface area contributed by atoms with Gasteiger partial charge < -0.3 is 10.1 Å². The normalized spacial score (nSPS) is 14.6. The summed E-state index contributed by atoms with van der Waals surface area (Å²) >= 11 is 10.9. The monoisotopic (exact) mass is 359 g/mol. The van der Waals surface area contributed by atoms with Gasteiger partial charge in [0.1, 0.15) is 10.8 Å². The van der Waals surface area contributed by atoms with Gasteiger partial charge in [0.15, 0.2) is 0 Å². The van der Waals surface area contributed by atoms with Gasteiger partial charge in [-0.2, -0.15) is 0 Å². The molecule has 0 bridgehead atoms. The summed E-state index contributed by atoms with van der Waals surface area (Å²) in [5, 5.41) is 13.5. The lowest BCUT2D eigenvalue weighted by molar-refractivity contribution is 0.473. The standard InChI is InChI=1S/C12H11BrClN3OS/c13-7-1-4-10(9(14)5-7)18-12-17-16-11(19-12)6-15-8-2-3-8/h1,4-5,8,15H,2-3,6H2. The lowest BCUT2D eigenvalue weighted by atomic mass is 10.3. The Hall–Kier alpha value is -0.690. The first kappa shape index (κ1) is 13.3. The van der Waals surface area contributed by atoms with Crippen LogP contribution in [0.4, 0.5) is 0 Å². The molecule has 0 spiro atoms. The first-order valence-corrected chi connectivity index (χ1v) is 7.88. The molecule has 1 saturated carbocycles. The van der Waals surface area contributed by atoms with E-state index in [-0.39, 0.29) is 0 Å². The smallest absolute Gasteiger partial charge is 0.299 e. The Balaban J connectivity index is 1.65. The maximum Gasteiger partial charge on any atom is 0.299 e. The van der Waals surface area contributed by atoms with Gasteiger partial charge in [0, 0.05) is 10.5 Å². The number of benzene rings is 1. The summed E-state index contributed by atoms with van der Waals surface area (Å²) in [5.41, 5.74) is 0. The average molecular weight is 361 g/mol. The maximum atomic E-state index is 6.09. The number of ether oxygens (including phenoxy) is 1. The number of hydrogen-bond donors (Lipinski definition) is 1. The Kier molecular flexibility index (Phi) is 4.02. The predicted octanol–water partition coefficient (Wildman–Crippen LogP) is 4.00. The number of hydrogen-bond acceptors (Lipinski definition) is 5. The number of aromatic nitrogens is 2. The van der Waals surface area contributed by atoms with Gasteiger partial charge in [-0.25, -0.2) is 0 Å². The summed E-state index contributed by atoms with van der Waals surface area (Å²) < 4.78 is 6.54. The van der Waals surface area contributed by atoms with E-state index in [1.54, 1.807) is 12.1 Å². The van der Waals surface area contributed by atoms with Crippen LogP contribution < -0.4 is 10.1 Å². The third-order valence-electron chi connectivity index (χ3n) is 2.66. The molecule has 0 atom stereocenters. The molecule has 3 rings (SSSR count). The van der Waals surface area contributed by atoms with Gasteiger partial charge in [0.25, 0.3) is 5.19 Å². The van der Waals surface area contributed by atoms with E-state index in [4.69, 9.17) is 16.3 Å². The first-order chi connectivity index (χ1) is 9.20. The molecule has 0 radical (unpaired) electrons. The molecule has 1 N–H and O–H groups in total. The Labute approximate surface area is 128 Å². The van der Waals surface area contributed by atoms with Crippen LogP contribution >= 0.6 is 38.9 Å². The molecule has 2 aromatic rings. The fraction of sp³-hybridized carbons (Fsp3) is 0.333. The minimum Gasteiger partial charge on any atom is -0.428 e. The molecule has 0 aliphatic heterocycles. The third-order valence-corrected chi connectivity index (χ3v) is 4.25. The molecule has 1 aromatic heterocycles. The van der Waals surface area contributed by atoms with E-state index in [1.165, 1.54) is 24.2 Å². The highest BCUT2D eigenvalue weighted by Crippen LogP contribution is 2.33. The molecule has 0 unspecified atom stereocenters. The van der Waals surface area contributed by atoms with Crippen molar-refractivity contribution in [3.63, 3.8) is 0 Å². The Morgan fingerprint density at radius 1 is 1.42 bits per heavy atom. The van der Waals surface area contributed by atoms with Crippen LogP contribution in [0.2, 0.25) is 5.02 Å². The number of rotatable bonds is 5. The van der Waals surface area contributed by atoms with Crippen molar-refractivity contribution in [2.75, 3.05) is 0 Å². The van der Waals surface area contributed by atoms with Gasteiger partial charge in [0.05, 0.1) is 11.6 Å². The molecule has 7 heteroatoms. The number of nitrogens with one attached hydrogen (secondary N) is 1. The van der Waals surface area contributed by atoms with Crippen molar-refractivity contribution in [2.24, 2.45) is 0 Å². The molecule has 1 aliphatic carbocycles. The maximum absolute atomic E-state index is 6.09. The molecule has 100 valence electrons. The van der Waals surface area contributed by atoms with Crippen LogP contribution in [0.25, 0.3) is 0 Å². The summed E-state index contributed by atoms with van der Waals surface area (Å²) in [6, 6.07) is 6.12. The zero-order chi connectivity index (χ0) is 13.2. The summed E-state index contributed by atoms with van der Waals surface area (Å²) in [5.74, 6) is 0.586. The molecular weight excluding hydrogens is 350 g/mol. The largest absolute Gasteiger partial charge is 0.428 e. The highest BCUT2D eigenvalue weighted by molar-refractivity contribution is 9.10. The van der Waals surface area contributed by atoms with Crippen molar-refractivity contribution in [3.8, 4) is 10.9 Å². The summed E-state index contributed by atoms with van der Waals surface area (Å²) in [4.78, 5) is 0. The summed E-state index contributed by atoms with van der Waals surface area (Å²) in [6.07, 6.45) is 2.52. The van der Waals surface area contributed by atoms with E-state index in [0.717, 1.165) is 16.0 Å². The van der Waals surface area contributed by atoms with E-state index >= 15 is 0 Å². The van der Waals surface area contributed by atoms with Crippen LogP contribution in [0.1, 0.15) is 17.8 Å². The molecular formula is C12H11BrClN3OS. The van der Waals surface area contributed by atoms with E-state index in [1.807, 2.05) is 6.07 Å². The van der Waals surface area contributed by atoms with Gasteiger partial charge in [-0.3, -0.25) is 0 Å². The highest BCUT2D eigenvalue weighted by Gasteiger charge is 2.20. The van der Waals surface area contributed by atoms with E-state index < -0.39 is 0 Å². The molecule has 1 fully saturated rings. The van der Waals surface area contributed by atoms with Crippen molar-refractivity contribution in [1.82, 2.24) is 15.5 Å². The highest BCUT2D eigenvalue weighted by atomic mass is 79.9. The molecule has 19 heavy (non-hydrogen) atoms. The second-order valence-corrected chi connectivity index (χ2v) is 6.64. The zero-order valence-corrected chi connectivity index (χ0v) is 13.1. The van der Waals surface area contributed by atoms with Gasteiger partial charge in [-0.15, -0.1) is 5.10 Å². The molecule has 0 saturated heterocycles. The summed E-state index contributed by atoms with van der Waals surface area (Å²) in [7, 11) is 0. The average Bonchev–Trinajstić information content (AvgIpc) is 3.10. The molecule has 1 heterocycles. The van der Waals surface area contributed by atoms with Gasteiger partial charge in [0.2, 0.25) is 0 Å². The van der Waals surface area contributed by atoms with Crippen molar-refractivity contribution in [1.29, 1.82) is 0 Å². The molecule has 4 nitrogen and oxygen atoms in total. The Bertz CT molecular complexity index is 588. The fourth-order valence-corrected chi connectivity index (χ4v) is 2.89. The van der Waals surface area contributed by atoms with Crippen molar-refractivity contribution < 1.29 is 4.74 Å². The van der Waals surface area contributed by atoms with Crippen LogP contribution in [0, 0.1) is 0 Å². The van der Waals surface area contributed by atoms with Crippen LogP contribution in [0.5, 0.6) is 10.9 Å². The van der Waals surface area contributed by atoms with Crippen LogP contribution in [-0.2, 0) is 6.54 Å². The second-order valence-electron chi connectivity index (χ2n) is 4.29. The zero-order valence-electron chi connectivity index (χ0n) is 9.90. The number of nitrogens with zero attached hydrogens (tertiary/aromatic N) is 2. The molecule has 1 aromatic carbocycles. The third kappa shape index (κ3) is 3.66. The minimum absolute atomic E-state index is 0.511. The van der Waals surface area contributed by atoms with Gasteiger partial charge >= 0.3 is 0 Å². The molecule has 1 aliphatic rings. The van der Waals surface area contributed by atoms with Crippen LogP contribution in [-0.4, -0.2) is 16.2 Å². The topological polar surface area (TPSA) is 47.0 Å². The lowest BCUT2D eigenvalue weighted by Gasteiger charge is -2.03. The lowest BCUT2D eigenvalue weighted by Crippen LogP contribution is -2.14. The fourth-order valence-electron chi connectivity index (χ4n) is 1.52. The van der Waals surface area contributed by atoms with Gasteiger partial charge in [-0.05, 0) is 31.0 Å². The minimum atomic E-state index is 0.511. The van der Waals surface area contributed by atoms with Crippen LogP contribution in [0.3, 0.4) is 0 Å². The summed E-state index contributed by atoms with van der Waals surface area (Å²) in [6.45, 7) is 0.750. The predicted molar refractivity (Wildman–Crippen MR) is 79.0 cm³/mol. The van der Waals surface area contributed by atoms with E-state index in [0.29, 0.717) is 22.0 Å². The van der Waals surface area contributed by atoms with Gasteiger partial charge in [-0.1, -0.05) is 44.0 Å². The first-order valence-electron chi connectivity index (χ1n) is 5.89. The Morgan fingerprint density at radius 2 is 2.26 bits per heavy atom. The quantitative estimate of drug-likeness (QED) is 0.875. The molecule has 0 amide bonds. The van der Waals surface area contributed by atoms with E-state index in [2.05, 4.69) is 31.4 Å².